The van der Waals surface area contributed by atoms with Crippen molar-refractivity contribution < 1.29 is 4.42 Å². The summed E-state index contributed by atoms with van der Waals surface area (Å²) in [5.74, 6) is 1.85. The Morgan fingerprint density at radius 1 is 0.431 bits per heavy atom. The van der Waals surface area contributed by atoms with Crippen LogP contribution in [-0.2, 0) is 0 Å². The normalized spacial score (nSPS) is 11.9. The lowest BCUT2D eigenvalue weighted by molar-refractivity contribution is 0.669. The zero-order valence-corrected chi connectivity index (χ0v) is 27.9. The van der Waals surface area contributed by atoms with Crippen molar-refractivity contribution in [2.75, 3.05) is 0 Å². The van der Waals surface area contributed by atoms with Gasteiger partial charge < -0.3 is 4.42 Å². The van der Waals surface area contributed by atoms with E-state index in [1.165, 1.54) is 20.2 Å². The molecule has 4 aromatic heterocycles. The Morgan fingerprint density at radius 3 is 2.00 bits per heavy atom. The fourth-order valence-electron chi connectivity index (χ4n) is 7.50. The number of hydrogen-bond donors (Lipinski definition) is 0. The zero-order chi connectivity index (χ0) is 33.5. The number of para-hydroxylation sites is 2. The van der Waals surface area contributed by atoms with Crippen LogP contribution in [0, 0.1) is 0 Å². The number of hydrogen-bond acceptors (Lipinski definition) is 5. The number of rotatable bonds is 4. The maximum absolute atomic E-state index is 6.27. The van der Waals surface area contributed by atoms with Crippen LogP contribution in [0.25, 0.3) is 104 Å². The van der Waals surface area contributed by atoms with Gasteiger partial charge in [0.25, 0.3) is 0 Å². The monoisotopic (exact) mass is 670 g/mol. The lowest BCUT2D eigenvalue weighted by atomic mass is 10.0. The van der Waals surface area contributed by atoms with Crippen molar-refractivity contribution in [3.63, 3.8) is 0 Å². The molecule has 0 spiro atoms. The van der Waals surface area contributed by atoms with Crippen LogP contribution in [0.3, 0.4) is 0 Å². The van der Waals surface area contributed by atoms with Gasteiger partial charge in [-0.25, -0.2) is 4.98 Å². The van der Waals surface area contributed by atoms with E-state index in [2.05, 4.69) is 132 Å². The number of nitrogens with zero attached hydrogens (tertiary/aromatic N) is 4. The number of thiophene rings is 1. The molecule has 11 aromatic rings. The van der Waals surface area contributed by atoms with Crippen LogP contribution in [0.1, 0.15) is 0 Å². The van der Waals surface area contributed by atoms with E-state index in [9.17, 15) is 0 Å². The first-order valence-corrected chi connectivity index (χ1v) is 17.8. The molecule has 0 N–H and O–H groups in total. The van der Waals surface area contributed by atoms with Crippen LogP contribution in [0.4, 0.5) is 0 Å². The minimum Gasteiger partial charge on any atom is -0.456 e. The van der Waals surface area contributed by atoms with Gasteiger partial charge in [0, 0.05) is 52.8 Å². The third-order valence-electron chi connectivity index (χ3n) is 9.89. The highest BCUT2D eigenvalue weighted by Crippen LogP contribution is 2.41. The van der Waals surface area contributed by atoms with Crippen LogP contribution in [-0.4, -0.2) is 19.5 Å². The summed E-state index contributed by atoms with van der Waals surface area (Å²) in [7, 11) is 0. The lowest BCUT2D eigenvalue weighted by Crippen LogP contribution is -2.06. The predicted molar refractivity (Wildman–Crippen MR) is 211 cm³/mol. The van der Waals surface area contributed by atoms with Crippen molar-refractivity contribution in [2.24, 2.45) is 0 Å². The average Bonchev–Trinajstić information content (AvgIpc) is 3.87. The highest BCUT2D eigenvalue weighted by atomic mass is 32.1. The molecule has 0 saturated heterocycles. The summed E-state index contributed by atoms with van der Waals surface area (Å²) < 4.78 is 10.9. The maximum atomic E-state index is 6.27. The molecule has 0 aliphatic carbocycles. The van der Waals surface area contributed by atoms with Gasteiger partial charge in [-0.2, -0.15) is 9.97 Å². The molecular weight excluding hydrogens is 645 g/mol. The molecule has 0 aliphatic rings. The van der Waals surface area contributed by atoms with Gasteiger partial charge in [-0.15, -0.1) is 11.3 Å². The van der Waals surface area contributed by atoms with Gasteiger partial charge in [0.2, 0.25) is 5.95 Å². The standard InChI is InChI=1S/C45H26N4OS/c1-2-11-27(12-3-1)43-46-44(36-17-10-16-35-34-15-6-9-20-41(34)51-42(35)36)48-45(47-43)49-37-18-7-4-13-30(37)31-23-21-28(25-38(31)49)29-22-24-33-32-14-5-8-19-39(32)50-40(33)26-29/h1-26H. The topological polar surface area (TPSA) is 56.7 Å². The fraction of sp³-hybridized carbons (Fsp3) is 0. The first kappa shape index (κ1) is 28.2. The second-order valence-electron chi connectivity index (χ2n) is 12.8. The van der Waals surface area contributed by atoms with E-state index < -0.39 is 0 Å². The van der Waals surface area contributed by atoms with Crippen LogP contribution in [0.5, 0.6) is 0 Å². The molecule has 0 atom stereocenters. The summed E-state index contributed by atoms with van der Waals surface area (Å²) in [5.41, 5.74) is 7.93. The molecule has 0 unspecified atom stereocenters. The van der Waals surface area contributed by atoms with Crippen molar-refractivity contribution in [3.05, 3.63) is 158 Å². The molecule has 238 valence electrons. The lowest BCUT2D eigenvalue weighted by Gasteiger charge is -2.12. The van der Waals surface area contributed by atoms with Crippen molar-refractivity contribution in [2.45, 2.75) is 0 Å². The van der Waals surface area contributed by atoms with E-state index in [0.29, 0.717) is 17.6 Å². The summed E-state index contributed by atoms with van der Waals surface area (Å²) in [5, 5.41) is 6.97. The van der Waals surface area contributed by atoms with Crippen molar-refractivity contribution in [1.82, 2.24) is 19.5 Å². The number of benzene rings is 7. The molecule has 0 amide bonds. The van der Waals surface area contributed by atoms with Crippen LogP contribution in [0.15, 0.2) is 162 Å². The molecule has 5 nitrogen and oxygen atoms in total. The van der Waals surface area contributed by atoms with Crippen LogP contribution in [0.2, 0.25) is 0 Å². The average molecular weight is 671 g/mol. The van der Waals surface area contributed by atoms with Gasteiger partial charge in [-0.05, 0) is 53.6 Å². The summed E-state index contributed by atoms with van der Waals surface area (Å²) in [4.78, 5) is 15.6. The van der Waals surface area contributed by atoms with Gasteiger partial charge >= 0.3 is 0 Å². The largest absolute Gasteiger partial charge is 0.456 e. The van der Waals surface area contributed by atoms with Gasteiger partial charge in [0.1, 0.15) is 11.2 Å². The minimum atomic E-state index is 0.577. The first-order valence-electron chi connectivity index (χ1n) is 16.9. The molecule has 0 aliphatic heterocycles. The smallest absolute Gasteiger partial charge is 0.238 e. The molecular formula is C45H26N4OS. The third kappa shape index (κ3) is 4.37. The fourth-order valence-corrected chi connectivity index (χ4v) is 8.71. The molecule has 0 saturated carbocycles. The highest BCUT2D eigenvalue weighted by molar-refractivity contribution is 7.26. The van der Waals surface area contributed by atoms with E-state index in [-0.39, 0.29) is 0 Å². The van der Waals surface area contributed by atoms with E-state index in [0.717, 1.165) is 66.0 Å². The SMILES string of the molecule is c1ccc(-c2nc(-c3cccc4c3sc3ccccc34)nc(-n3c4ccccc4c4ccc(-c5ccc6c(c5)oc5ccccc56)cc43)n2)cc1. The Morgan fingerprint density at radius 2 is 1.10 bits per heavy atom. The van der Waals surface area contributed by atoms with E-state index in [1.807, 2.05) is 30.3 Å². The summed E-state index contributed by atoms with van der Waals surface area (Å²) in [6.45, 7) is 0. The van der Waals surface area contributed by atoms with Crippen LogP contribution < -0.4 is 0 Å². The number of furan rings is 1. The molecule has 0 bridgehead atoms. The second-order valence-corrected chi connectivity index (χ2v) is 13.9. The van der Waals surface area contributed by atoms with Gasteiger partial charge in [-0.3, -0.25) is 4.57 Å². The van der Waals surface area contributed by atoms with Gasteiger partial charge in [0.15, 0.2) is 11.6 Å². The Hall–Kier alpha value is -6.63. The Labute approximate surface area is 295 Å². The second kappa shape index (κ2) is 10.9. The third-order valence-corrected chi connectivity index (χ3v) is 11.1. The van der Waals surface area contributed by atoms with Crippen molar-refractivity contribution in [1.29, 1.82) is 0 Å². The predicted octanol–water partition coefficient (Wildman–Crippen LogP) is 12.2. The van der Waals surface area contributed by atoms with E-state index in [1.54, 1.807) is 11.3 Å². The first-order chi connectivity index (χ1) is 25.3. The minimum absolute atomic E-state index is 0.577. The number of aromatic nitrogens is 4. The highest BCUT2D eigenvalue weighted by Gasteiger charge is 2.20. The Balaban J connectivity index is 1.17. The molecule has 6 heteroatoms. The van der Waals surface area contributed by atoms with E-state index >= 15 is 0 Å². The van der Waals surface area contributed by atoms with Gasteiger partial charge in [-0.1, -0.05) is 115 Å². The van der Waals surface area contributed by atoms with Crippen molar-refractivity contribution in [3.8, 4) is 39.9 Å². The summed E-state index contributed by atoms with van der Waals surface area (Å²) in [6.07, 6.45) is 0. The Kier molecular flexibility index (Phi) is 6.05. The maximum Gasteiger partial charge on any atom is 0.238 e. The quantitative estimate of drug-likeness (QED) is 0.187. The molecule has 0 fully saturated rings. The molecule has 11 rings (SSSR count). The van der Waals surface area contributed by atoms with Gasteiger partial charge in [0.05, 0.1) is 11.0 Å². The van der Waals surface area contributed by atoms with Crippen LogP contribution >= 0.6 is 11.3 Å². The summed E-state index contributed by atoms with van der Waals surface area (Å²) in [6, 6.07) is 55.0. The molecule has 4 heterocycles. The Bertz CT molecular complexity index is 3150. The number of fused-ring (bicyclic) bond motifs is 9. The zero-order valence-electron chi connectivity index (χ0n) is 27.1. The summed E-state index contributed by atoms with van der Waals surface area (Å²) >= 11 is 1.78. The van der Waals surface area contributed by atoms with E-state index in [4.69, 9.17) is 19.4 Å². The van der Waals surface area contributed by atoms with Crippen molar-refractivity contribution >= 4 is 75.3 Å². The molecule has 51 heavy (non-hydrogen) atoms. The molecule has 7 aromatic carbocycles. The molecule has 0 radical (unpaired) electrons.